The van der Waals surface area contributed by atoms with Crippen LogP contribution >= 0.6 is 0 Å². The Kier molecular flexibility index (Phi) is 4.09. The minimum absolute atomic E-state index is 0.538. The topological polar surface area (TPSA) is 62.7 Å². The van der Waals surface area contributed by atoms with Crippen molar-refractivity contribution in [2.45, 2.75) is 57.0 Å². The monoisotopic (exact) mass is 309 g/mol. The molecule has 5 nitrogen and oxygen atoms in total. The minimum Gasteiger partial charge on any atom is -0.366 e. The number of hydrogen-bond donors (Lipinski definition) is 2. The number of hydrogen-bond acceptors (Lipinski definition) is 5. The van der Waals surface area contributed by atoms with Crippen LogP contribution in [-0.4, -0.2) is 21.0 Å². The van der Waals surface area contributed by atoms with Crippen LogP contribution in [0.2, 0.25) is 0 Å². The lowest BCUT2D eigenvalue weighted by Crippen LogP contribution is -2.17. The third-order valence-corrected chi connectivity index (χ3v) is 4.63. The van der Waals surface area contributed by atoms with Crippen molar-refractivity contribution in [3.05, 3.63) is 41.9 Å². The zero-order chi connectivity index (χ0) is 15.5. The molecule has 0 aliphatic heterocycles. The lowest BCUT2D eigenvalue weighted by Gasteiger charge is -2.14. The average molecular weight is 309 g/mol. The van der Waals surface area contributed by atoms with Gasteiger partial charge in [0.05, 0.1) is 5.69 Å². The standard InChI is InChI=1S/C18H23N5/c1-2-6-15(5-1)21-18-22-16(14-7-8-14)10-17(23-18)20-12-13-4-3-9-19-11-13/h3-4,9-11,14-15H,1-2,5-8,12H2,(H2,20,21,22,23). The van der Waals surface area contributed by atoms with Gasteiger partial charge in [0.15, 0.2) is 0 Å². The van der Waals surface area contributed by atoms with Gasteiger partial charge in [-0.25, -0.2) is 4.98 Å². The third kappa shape index (κ3) is 3.78. The van der Waals surface area contributed by atoms with Gasteiger partial charge in [-0.15, -0.1) is 0 Å². The maximum Gasteiger partial charge on any atom is 0.225 e. The molecule has 0 spiro atoms. The number of anilines is 2. The van der Waals surface area contributed by atoms with Crippen LogP contribution in [0.4, 0.5) is 11.8 Å². The molecule has 2 aromatic heterocycles. The Morgan fingerprint density at radius 3 is 2.70 bits per heavy atom. The molecule has 0 unspecified atom stereocenters. The van der Waals surface area contributed by atoms with Crippen LogP contribution < -0.4 is 10.6 Å². The second kappa shape index (κ2) is 6.52. The fourth-order valence-electron chi connectivity index (χ4n) is 3.16. The fraction of sp³-hybridized carbons (Fsp3) is 0.500. The fourth-order valence-corrected chi connectivity index (χ4v) is 3.16. The van der Waals surface area contributed by atoms with Crippen LogP contribution in [0.5, 0.6) is 0 Å². The first kappa shape index (κ1) is 14.4. The number of nitrogens with one attached hydrogen (secondary N) is 2. The SMILES string of the molecule is c1cncc(CNc2cc(C3CC3)nc(NC3CCCC3)n2)c1. The number of nitrogens with zero attached hydrogens (tertiary/aromatic N) is 3. The highest BCUT2D eigenvalue weighted by molar-refractivity contribution is 5.45. The van der Waals surface area contributed by atoms with Crippen molar-refractivity contribution in [2.24, 2.45) is 0 Å². The summed E-state index contributed by atoms with van der Waals surface area (Å²) >= 11 is 0. The Hall–Kier alpha value is -2.17. The molecule has 5 heteroatoms. The van der Waals surface area contributed by atoms with E-state index in [9.17, 15) is 0 Å². The van der Waals surface area contributed by atoms with E-state index in [0.29, 0.717) is 12.0 Å². The molecule has 2 N–H and O–H groups in total. The van der Waals surface area contributed by atoms with Crippen molar-refractivity contribution in [1.29, 1.82) is 0 Å². The largest absolute Gasteiger partial charge is 0.366 e. The van der Waals surface area contributed by atoms with E-state index in [1.54, 1.807) is 6.20 Å². The van der Waals surface area contributed by atoms with Gasteiger partial charge >= 0.3 is 0 Å². The summed E-state index contributed by atoms with van der Waals surface area (Å²) in [5.41, 5.74) is 2.33. The van der Waals surface area contributed by atoms with Gasteiger partial charge in [0.1, 0.15) is 5.82 Å². The van der Waals surface area contributed by atoms with E-state index in [0.717, 1.165) is 23.9 Å². The van der Waals surface area contributed by atoms with Gasteiger partial charge in [0.2, 0.25) is 5.95 Å². The summed E-state index contributed by atoms with van der Waals surface area (Å²) in [6.45, 7) is 0.734. The van der Waals surface area contributed by atoms with Gasteiger partial charge in [0.25, 0.3) is 0 Å². The highest BCUT2D eigenvalue weighted by Gasteiger charge is 2.26. The molecule has 2 heterocycles. The zero-order valence-electron chi connectivity index (χ0n) is 13.3. The van der Waals surface area contributed by atoms with E-state index >= 15 is 0 Å². The molecule has 2 aromatic rings. The summed E-state index contributed by atoms with van der Waals surface area (Å²) in [5, 5.41) is 6.95. The second-order valence-electron chi connectivity index (χ2n) is 6.62. The quantitative estimate of drug-likeness (QED) is 0.851. The van der Waals surface area contributed by atoms with Crippen LogP contribution in [0, 0.1) is 0 Å². The van der Waals surface area contributed by atoms with Crippen LogP contribution in [0.1, 0.15) is 55.7 Å². The molecular formula is C18H23N5. The molecule has 120 valence electrons. The van der Waals surface area contributed by atoms with Gasteiger partial charge in [-0.1, -0.05) is 18.9 Å². The first-order chi connectivity index (χ1) is 11.4. The maximum absolute atomic E-state index is 4.74. The lowest BCUT2D eigenvalue weighted by atomic mass is 10.2. The van der Waals surface area contributed by atoms with Crippen molar-refractivity contribution in [3.8, 4) is 0 Å². The van der Waals surface area contributed by atoms with Gasteiger partial charge in [-0.3, -0.25) is 4.98 Å². The van der Waals surface area contributed by atoms with Crippen LogP contribution in [-0.2, 0) is 6.54 Å². The molecule has 0 amide bonds. The van der Waals surface area contributed by atoms with Crippen molar-refractivity contribution >= 4 is 11.8 Å². The van der Waals surface area contributed by atoms with Crippen LogP contribution in [0.25, 0.3) is 0 Å². The van der Waals surface area contributed by atoms with Crippen molar-refractivity contribution < 1.29 is 0 Å². The lowest BCUT2D eigenvalue weighted by molar-refractivity contribution is 0.741. The summed E-state index contributed by atoms with van der Waals surface area (Å²) in [7, 11) is 0. The Bertz CT molecular complexity index is 648. The Morgan fingerprint density at radius 2 is 1.96 bits per heavy atom. The molecule has 2 aliphatic carbocycles. The Morgan fingerprint density at radius 1 is 1.09 bits per heavy atom. The molecule has 0 saturated heterocycles. The summed E-state index contributed by atoms with van der Waals surface area (Å²) in [6.07, 6.45) is 11.3. The highest BCUT2D eigenvalue weighted by Crippen LogP contribution is 2.40. The van der Waals surface area contributed by atoms with Crippen LogP contribution in [0.15, 0.2) is 30.6 Å². The van der Waals surface area contributed by atoms with Crippen molar-refractivity contribution in [1.82, 2.24) is 15.0 Å². The van der Waals surface area contributed by atoms with Gasteiger partial charge in [-0.2, -0.15) is 4.98 Å². The van der Waals surface area contributed by atoms with Gasteiger partial charge < -0.3 is 10.6 Å². The number of rotatable bonds is 6. The summed E-state index contributed by atoms with van der Waals surface area (Å²) in [5.74, 6) is 2.32. The molecule has 0 bridgehead atoms. The summed E-state index contributed by atoms with van der Waals surface area (Å²) in [6, 6.07) is 6.67. The van der Waals surface area contributed by atoms with Crippen molar-refractivity contribution in [2.75, 3.05) is 10.6 Å². The van der Waals surface area contributed by atoms with Gasteiger partial charge in [0, 0.05) is 37.0 Å². The van der Waals surface area contributed by atoms with E-state index in [1.807, 2.05) is 12.3 Å². The second-order valence-corrected chi connectivity index (χ2v) is 6.62. The Labute approximate surface area is 137 Å². The third-order valence-electron chi connectivity index (χ3n) is 4.63. The number of aromatic nitrogens is 3. The zero-order valence-corrected chi connectivity index (χ0v) is 13.3. The molecule has 23 heavy (non-hydrogen) atoms. The smallest absolute Gasteiger partial charge is 0.225 e. The van der Waals surface area contributed by atoms with Crippen molar-refractivity contribution in [3.63, 3.8) is 0 Å². The molecule has 4 rings (SSSR count). The highest BCUT2D eigenvalue weighted by atomic mass is 15.2. The molecule has 2 fully saturated rings. The summed E-state index contributed by atoms with van der Waals surface area (Å²) in [4.78, 5) is 13.6. The summed E-state index contributed by atoms with van der Waals surface area (Å²) < 4.78 is 0. The Balaban J connectivity index is 1.49. The molecule has 0 atom stereocenters. The minimum atomic E-state index is 0.538. The maximum atomic E-state index is 4.74. The first-order valence-corrected chi connectivity index (χ1v) is 8.65. The molecular weight excluding hydrogens is 286 g/mol. The van der Waals surface area contributed by atoms with E-state index in [4.69, 9.17) is 4.98 Å². The first-order valence-electron chi connectivity index (χ1n) is 8.65. The van der Waals surface area contributed by atoms with E-state index in [-0.39, 0.29) is 0 Å². The van der Waals surface area contributed by atoms with Crippen LogP contribution in [0.3, 0.4) is 0 Å². The van der Waals surface area contributed by atoms with E-state index in [1.165, 1.54) is 44.2 Å². The molecule has 0 aromatic carbocycles. The average Bonchev–Trinajstić information content (AvgIpc) is 3.32. The molecule has 2 saturated carbocycles. The van der Waals surface area contributed by atoms with E-state index < -0.39 is 0 Å². The predicted octanol–water partition coefficient (Wildman–Crippen LogP) is 3.72. The molecule has 0 radical (unpaired) electrons. The normalized spacial score (nSPS) is 18.1. The molecule has 2 aliphatic rings. The number of pyridine rings is 1. The predicted molar refractivity (Wildman–Crippen MR) is 91.4 cm³/mol. The van der Waals surface area contributed by atoms with E-state index in [2.05, 4.69) is 32.7 Å². The van der Waals surface area contributed by atoms with Gasteiger partial charge in [-0.05, 0) is 37.3 Å².